The first-order valence-corrected chi connectivity index (χ1v) is 5.16. The normalized spacial score (nSPS) is 16.7. The Morgan fingerprint density at radius 3 is 2.50 bits per heavy atom. The number of aryl methyl sites for hydroxylation is 2. The number of benzene rings is 1. The second kappa shape index (κ2) is 3.62. The molecule has 2 N–H and O–H groups in total. The van der Waals surface area contributed by atoms with Crippen molar-refractivity contribution in [3.63, 3.8) is 0 Å². The van der Waals surface area contributed by atoms with Crippen LogP contribution in [0.2, 0.25) is 0 Å². The van der Waals surface area contributed by atoms with Gasteiger partial charge in [-0.2, -0.15) is 0 Å². The van der Waals surface area contributed by atoms with Crippen LogP contribution >= 0.6 is 0 Å². The van der Waals surface area contributed by atoms with Crippen LogP contribution < -0.4 is 5.32 Å². The Bertz CT molecular complexity index is 342. The Morgan fingerprint density at radius 2 is 1.93 bits per heavy atom. The number of phenolic OH excluding ortho intramolecular Hbond substituents is 1. The van der Waals surface area contributed by atoms with Crippen LogP contribution in [0.25, 0.3) is 0 Å². The van der Waals surface area contributed by atoms with E-state index in [0.717, 1.165) is 30.6 Å². The van der Waals surface area contributed by atoms with Crippen LogP contribution in [0.4, 0.5) is 0 Å². The van der Waals surface area contributed by atoms with Gasteiger partial charge in [-0.3, -0.25) is 0 Å². The molecule has 2 rings (SSSR count). The second-order valence-corrected chi connectivity index (χ2v) is 4.29. The third kappa shape index (κ3) is 1.75. The number of hydrogen-bond acceptors (Lipinski definition) is 2. The molecule has 14 heavy (non-hydrogen) atoms. The molecule has 2 nitrogen and oxygen atoms in total. The van der Waals surface area contributed by atoms with Gasteiger partial charge in [0.15, 0.2) is 0 Å². The van der Waals surface area contributed by atoms with Gasteiger partial charge in [0.05, 0.1) is 0 Å². The lowest BCUT2D eigenvalue weighted by atomic mass is 9.92. The summed E-state index contributed by atoms with van der Waals surface area (Å²) < 4.78 is 0. The van der Waals surface area contributed by atoms with Crippen molar-refractivity contribution in [3.05, 3.63) is 28.8 Å². The first-order valence-electron chi connectivity index (χ1n) is 5.16. The molecule has 0 saturated carbocycles. The first kappa shape index (κ1) is 9.53. The van der Waals surface area contributed by atoms with Gasteiger partial charge < -0.3 is 10.4 Å². The smallest absolute Gasteiger partial charge is 0.119 e. The predicted molar refractivity (Wildman–Crippen MR) is 57.6 cm³/mol. The highest BCUT2D eigenvalue weighted by atomic mass is 16.3. The topological polar surface area (TPSA) is 32.3 Å². The molecule has 1 aromatic carbocycles. The fourth-order valence-corrected chi connectivity index (χ4v) is 1.83. The van der Waals surface area contributed by atoms with Crippen LogP contribution in [0.3, 0.4) is 0 Å². The van der Waals surface area contributed by atoms with Gasteiger partial charge in [-0.25, -0.2) is 0 Å². The standard InChI is InChI=1S/C12H17NO/c1-8-3-11(5-10-6-13-7-10)12(14)4-9(8)2/h3-4,10,13-14H,5-7H2,1-2H3. The van der Waals surface area contributed by atoms with Gasteiger partial charge in [0.2, 0.25) is 0 Å². The van der Waals surface area contributed by atoms with Crippen LogP contribution in [0, 0.1) is 19.8 Å². The van der Waals surface area contributed by atoms with E-state index < -0.39 is 0 Å². The third-order valence-electron chi connectivity index (χ3n) is 3.07. The molecule has 2 heteroatoms. The number of hydrogen-bond donors (Lipinski definition) is 2. The second-order valence-electron chi connectivity index (χ2n) is 4.29. The molecular formula is C12H17NO. The number of rotatable bonds is 2. The summed E-state index contributed by atoms with van der Waals surface area (Å²) >= 11 is 0. The van der Waals surface area contributed by atoms with Crippen molar-refractivity contribution >= 4 is 0 Å². The number of nitrogens with one attached hydrogen (secondary N) is 1. The van der Waals surface area contributed by atoms with E-state index in [-0.39, 0.29) is 0 Å². The molecule has 1 heterocycles. The Labute approximate surface area is 85.0 Å². The van der Waals surface area contributed by atoms with Crippen molar-refractivity contribution in [1.29, 1.82) is 0 Å². The van der Waals surface area contributed by atoms with Crippen molar-refractivity contribution in [2.24, 2.45) is 5.92 Å². The Balaban J connectivity index is 2.19. The van der Waals surface area contributed by atoms with Gasteiger partial charge in [-0.1, -0.05) is 6.07 Å². The maximum atomic E-state index is 9.76. The van der Waals surface area contributed by atoms with Gasteiger partial charge in [-0.05, 0) is 62.0 Å². The quantitative estimate of drug-likeness (QED) is 0.746. The van der Waals surface area contributed by atoms with E-state index in [9.17, 15) is 5.11 Å². The average molecular weight is 191 g/mol. The summed E-state index contributed by atoms with van der Waals surface area (Å²) in [6, 6.07) is 3.99. The molecule has 0 atom stereocenters. The molecule has 0 bridgehead atoms. The van der Waals surface area contributed by atoms with Crippen molar-refractivity contribution in [2.75, 3.05) is 13.1 Å². The molecule has 0 aliphatic carbocycles. The van der Waals surface area contributed by atoms with E-state index >= 15 is 0 Å². The summed E-state index contributed by atoms with van der Waals surface area (Å²) in [6.07, 6.45) is 1.000. The molecule has 0 unspecified atom stereocenters. The van der Waals surface area contributed by atoms with E-state index in [1.54, 1.807) is 0 Å². The molecule has 0 radical (unpaired) electrons. The fourth-order valence-electron chi connectivity index (χ4n) is 1.83. The van der Waals surface area contributed by atoms with E-state index in [4.69, 9.17) is 0 Å². The van der Waals surface area contributed by atoms with Crippen LogP contribution in [-0.2, 0) is 6.42 Å². The van der Waals surface area contributed by atoms with E-state index in [1.807, 2.05) is 13.0 Å². The average Bonchev–Trinajstić information content (AvgIpc) is 2.06. The van der Waals surface area contributed by atoms with Crippen LogP contribution in [0.15, 0.2) is 12.1 Å². The van der Waals surface area contributed by atoms with Gasteiger partial charge in [0.25, 0.3) is 0 Å². The highest BCUT2D eigenvalue weighted by molar-refractivity contribution is 5.41. The summed E-state index contributed by atoms with van der Waals surface area (Å²) in [5, 5.41) is 13.0. The maximum Gasteiger partial charge on any atom is 0.119 e. The lowest BCUT2D eigenvalue weighted by Gasteiger charge is -2.27. The predicted octanol–water partition coefficient (Wildman–Crippen LogP) is 1.77. The van der Waals surface area contributed by atoms with Crippen molar-refractivity contribution in [1.82, 2.24) is 5.32 Å². The zero-order valence-electron chi connectivity index (χ0n) is 8.80. The van der Waals surface area contributed by atoms with Crippen LogP contribution in [-0.4, -0.2) is 18.2 Å². The van der Waals surface area contributed by atoms with Gasteiger partial charge >= 0.3 is 0 Å². The minimum absolute atomic E-state index is 0.458. The molecule has 1 aliphatic heterocycles. The van der Waals surface area contributed by atoms with Gasteiger partial charge in [-0.15, -0.1) is 0 Å². The number of phenols is 1. The summed E-state index contributed by atoms with van der Waals surface area (Å²) in [6.45, 7) is 6.31. The zero-order chi connectivity index (χ0) is 10.1. The lowest BCUT2D eigenvalue weighted by Crippen LogP contribution is -2.43. The minimum Gasteiger partial charge on any atom is -0.508 e. The van der Waals surface area contributed by atoms with E-state index in [1.165, 1.54) is 5.56 Å². The molecule has 0 aromatic heterocycles. The molecule has 0 spiro atoms. The molecular weight excluding hydrogens is 174 g/mol. The summed E-state index contributed by atoms with van der Waals surface area (Å²) in [5.41, 5.74) is 3.53. The molecule has 76 valence electrons. The van der Waals surface area contributed by atoms with E-state index in [2.05, 4.69) is 18.3 Å². The summed E-state index contributed by atoms with van der Waals surface area (Å²) in [4.78, 5) is 0. The van der Waals surface area contributed by atoms with Gasteiger partial charge in [0, 0.05) is 0 Å². The first-order chi connectivity index (χ1) is 6.66. The zero-order valence-corrected chi connectivity index (χ0v) is 8.80. The summed E-state index contributed by atoms with van der Waals surface area (Å²) in [7, 11) is 0. The van der Waals surface area contributed by atoms with Crippen molar-refractivity contribution < 1.29 is 5.11 Å². The highest BCUT2D eigenvalue weighted by Crippen LogP contribution is 2.25. The Kier molecular flexibility index (Phi) is 2.46. The molecule has 0 amide bonds. The molecule has 1 aliphatic rings. The summed E-state index contributed by atoms with van der Waals surface area (Å²) in [5.74, 6) is 1.17. The van der Waals surface area contributed by atoms with Crippen molar-refractivity contribution in [3.8, 4) is 5.75 Å². The highest BCUT2D eigenvalue weighted by Gasteiger charge is 2.18. The van der Waals surface area contributed by atoms with Crippen LogP contribution in [0.5, 0.6) is 5.75 Å². The lowest BCUT2D eigenvalue weighted by molar-refractivity contribution is 0.341. The van der Waals surface area contributed by atoms with Crippen LogP contribution in [0.1, 0.15) is 16.7 Å². The monoisotopic (exact) mass is 191 g/mol. The van der Waals surface area contributed by atoms with Crippen molar-refractivity contribution in [2.45, 2.75) is 20.3 Å². The fraction of sp³-hybridized carbons (Fsp3) is 0.500. The van der Waals surface area contributed by atoms with Gasteiger partial charge in [0.1, 0.15) is 5.75 Å². The molecule has 1 fully saturated rings. The Morgan fingerprint density at radius 1 is 1.29 bits per heavy atom. The third-order valence-corrected chi connectivity index (χ3v) is 3.07. The maximum absolute atomic E-state index is 9.76. The SMILES string of the molecule is Cc1cc(O)c(CC2CNC2)cc1C. The van der Waals surface area contributed by atoms with E-state index in [0.29, 0.717) is 11.7 Å². The molecule has 1 aromatic rings. The minimum atomic E-state index is 0.458. The molecule has 1 saturated heterocycles. The number of aromatic hydroxyl groups is 1. The largest absolute Gasteiger partial charge is 0.508 e. The Hall–Kier alpha value is -1.02.